The van der Waals surface area contributed by atoms with Crippen LogP contribution in [0.25, 0.3) is 6.08 Å². The van der Waals surface area contributed by atoms with E-state index in [0.29, 0.717) is 40.7 Å². The molecule has 3 rings (SSSR count). The summed E-state index contributed by atoms with van der Waals surface area (Å²) in [6.07, 6.45) is 1.57. The molecule has 6 nitrogen and oxygen atoms in total. The van der Waals surface area contributed by atoms with Crippen LogP contribution in [0, 0.1) is 0 Å². The normalized spacial score (nSPS) is 12.7. The van der Waals surface area contributed by atoms with E-state index in [1.54, 1.807) is 36.4 Å². The molecule has 2 aromatic rings. The van der Waals surface area contributed by atoms with Crippen molar-refractivity contribution in [1.29, 1.82) is 0 Å². The smallest absolute Gasteiger partial charge is 0.231 e. The molecule has 0 N–H and O–H groups in total. The minimum atomic E-state index is -0.299. The molecule has 1 heterocycles. The van der Waals surface area contributed by atoms with Crippen LogP contribution in [-0.4, -0.2) is 40.4 Å². The van der Waals surface area contributed by atoms with Crippen LogP contribution in [0.5, 0.6) is 23.0 Å². The number of benzene rings is 2. The molecule has 0 spiro atoms. The van der Waals surface area contributed by atoms with Crippen molar-refractivity contribution in [3.63, 3.8) is 0 Å². The summed E-state index contributed by atoms with van der Waals surface area (Å²) in [6, 6.07) is 8.77. The first-order chi connectivity index (χ1) is 13.5. The number of fused-ring (bicyclic) bond motifs is 1. The van der Waals surface area contributed by atoms with E-state index in [1.807, 2.05) is 25.9 Å². The largest absolute Gasteiger partial charge is 0.492 e. The summed E-state index contributed by atoms with van der Waals surface area (Å²) in [7, 11) is 5.31. The van der Waals surface area contributed by atoms with Gasteiger partial charge in [-0.05, 0) is 43.3 Å². The summed E-state index contributed by atoms with van der Waals surface area (Å²) in [5.74, 6) is 1.98. The van der Waals surface area contributed by atoms with Crippen molar-refractivity contribution in [3.8, 4) is 23.0 Å². The molecule has 0 fully saturated rings. The van der Waals surface area contributed by atoms with Crippen molar-refractivity contribution >= 4 is 29.1 Å². The van der Waals surface area contributed by atoms with Crippen LogP contribution < -0.4 is 23.8 Å². The predicted molar refractivity (Wildman–Crippen MR) is 109 cm³/mol. The van der Waals surface area contributed by atoms with Gasteiger partial charge < -0.3 is 23.8 Å². The number of anilines is 1. The lowest BCUT2D eigenvalue weighted by Gasteiger charge is -2.18. The van der Waals surface area contributed by atoms with Crippen LogP contribution in [0.4, 0.5) is 5.69 Å². The molecule has 2 aromatic carbocycles. The highest BCUT2D eigenvalue weighted by atomic mass is 35.5. The second-order valence-electron chi connectivity index (χ2n) is 6.25. The fraction of sp³-hybridized carbons (Fsp3) is 0.286. The summed E-state index contributed by atoms with van der Waals surface area (Å²) < 4.78 is 21.8. The number of ketones is 1. The molecule has 0 amide bonds. The van der Waals surface area contributed by atoms with Gasteiger partial charge in [-0.25, -0.2) is 0 Å². The molecule has 0 saturated carbocycles. The molecular formula is C21H22ClNO5. The van der Waals surface area contributed by atoms with E-state index in [-0.39, 0.29) is 17.6 Å². The van der Waals surface area contributed by atoms with Crippen LogP contribution in [0.3, 0.4) is 0 Å². The lowest BCUT2D eigenvalue weighted by Crippen LogP contribution is -2.12. The number of hydrogen-bond acceptors (Lipinski definition) is 6. The topological polar surface area (TPSA) is 57.2 Å². The summed E-state index contributed by atoms with van der Waals surface area (Å²) in [5.41, 5.74) is 1.90. The minimum absolute atomic E-state index is 0.0611. The molecule has 7 heteroatoms. The van der Waals surface area contributed by atoms with Gasteiger partial charge in [-0.1, -0.05) is 11.6 Å². The lowest BCUT2D eigenvalue weighted by molar-refractivity contribution is 0.104. The van der Waals surface area contributed by atoms with Gasteiger partial charge in [0.2, 0.25) is 18.3 Å². The van der Waals surface area contributed by atoms with E-state index in [0.717, 1.165) is 5.69 Å². The Hall–Kier alpha value is -2.86. The monoisotopic (exact) mass is 403 g/mol. The first-order valence-corrected chi connectivity index (χ1v) is 9.16. The maximum atomic E-state index is 12.9. The molecule has 1 aliphatic rings. The van der Waals surface area contributed by atoms with E-state index in [4.69, 9.17) is 30.5 Å². The van der Waals surface area contributed by atoms with E-state index < -0.39 is 0 Å². The number of ether oxygens (including phenoxy) is 4. The zero-order valence-electron chi connectivity index (χ0n) is 16.2. The predicted octanol–water partition coefficient (Wildman–Crippen LogP) is 4.35. The molecule has 0 radical (unpaired) electrons. The Morgan fingerprint density at radius 2 is 2.04 bits per heavy atom. The van der Waals surface area contributed by atoms with Crippen molar-refractivity contribution < 1.29 is 23.7 Å². The fourth-order valence-electron chi connectivity index (χ4n) is 2.91. The number of Topliss-reactive ketones (excluding diaryl/α,β-unsaturated/α-hetero) is 1. The summed E-state index contributed by atoms with van der Waals surface area (Å²) in [6.45, 7) is 2.58. The average Bonchev–Trinajstić information content (AvgIpc) is 3.16. The second kappa shape index (κ2) is 8.44. The molecule has 0 bridgehead atoms. The van der Waals surface area contributed by atoms with Crippen molar-refractivity contribution in [2.24, 2.45) is 0 Å². The number of rotatable bonds is 7. The van der Waals surface area contributed by atoms with Gasteiger partial charge in [-0.2, -0.15) is 0 Å². The number of carbonyl (C=O) groups excluding carboxylic acids is 1. The Labute approximate surface area is 169 Å². The Morgan fingerprint density at radius 3 is 2.71 bits per heavy atom. The number of nitrogens with zero attached hydrogens (tertiary/aromatic N) is 1. The molecule has 0 atom stereocenters. The Bertz CT molecular complexity index is 923. The number of methoxy groups -OCH3 is 1. The molecule has 1 aliphatic heterocycles. The Balaban J connectivity index is 1.94. The SMILES string of the molecule is CCOc1ccc(C(=O)C(Cl)=Cc2ccc3c(c2OC)OCO3)cc1N(C)C. The van der Waals surface area contributed by atoms with Gasteiger partial charge in [0.1, 0.15) is 5.75 Å². The Kier molecular flexibility index (Phi) is 5.99. The van der Waals surface area contributed by atoms with Gasteiger partial charge in [0.05, 0.1) is 24.4 Å². The van der Waals surface area contributed by atoms with Crippen LogP contribution in [0.2, 0.25) is 0 Å². The number of hydrogen-bond donors (Lipinski definition) is 0. The Morgan fingerprint density at radius 1 is 1.25 bits per heavy atom. The molecule has 28 heavy (non-hydrogen) atoms. The van der Waals surface area contributed by atoms with Crippen LogP contribution in [-0.2, 0) is 0 Å². The molecule has 0 aromatic heterocycles. The third kappa shape index (κ3) is 3.87. The fourth-order valence-corrected chi connectivity index (χ4v) is 3.14. The van der Waals surface area contributed by atoms with Crippen LogP contribution in [0.1, 0.15) is 22.8 Å². The van der Waals surface area contributed by atoms with Gasteiger partial charge in [-0.3, -0.25) is 4.79 Å². The van der Waals surface area contributed by atoms with Crippen molar-refractivity contribution in [1.82, 2.24) is 0 Å². The van der Waals surface area contributed by atoms with E-state index in [1.165, 1.54) is 7.11 Å². The maximum absolute atomic E-state index is 12.9. The minimum Gasteiger partial charge on any atom is -0.492 e. The average molecular weight is 404 g/mol. The van der Waals surface area contributed by atoms with E-state index in [9.17, 15) is 4.79 Å². The molecular weight excluding hydrogens is 382 g/mol. The highest BCUT2D eigenvalue weighted by molar-refractivity contribution is 6.47. The first-order valence-electron chi connectivity index (χ1n) is 8.79. The molecule has 0 unspecified atom stereocenters. The number of allylic oxidation sites excluding steroid dienone is 1. The van der Waals surface area contributed by atoms with Crippen LogP contribution in [0.15, 0.2) is 35.4 Å². The van der Waals surface area contributed by atoms with Gasteiger partial charge in [0.25, 0.3) is 0 Å². The standard InChI is InChI=1S/C21H22ClNO5/c1-5-26-17-8-6-13(11-16(17)23(2)3)19(24)15(22)10-14-7-9-18-21(20(14)25-4)28-12-27-18/h6-11H,5,12H2,1-4H3. The van der Waals surface area contributed by atoms with Crippen LogP contribution >= 0.6 is 11.6 Å². The van der Waals surface area contributed by atoms with E-state index >= 15 is 0 Å². The van der Waals surface area contributed by atoms with Crippen molar-refractivity contribution in [2.45, 2.75) is 6.92 Å². The molecule has 148 valence electrons. The summed E-state index contributed by atoms with van der Waals surface area (Å²) in [5, 5.41) is 0.0611. The third-order valence-corrected chi connectivity index (χ3v) is 4.51. The molecule has 0 aliphatic carbocycles. The summed E-state index contributed by atoms with van der Waals surface area (Å²) in [4.78, 5) is 14.8. The number of halogens is 1. The number of carbonyl (C=O) groups is 1. The first kappa shape index (κ1) is 19.9. The maximum Gasteiger partial charge on any atom is 0.231 e. The molecule has 0 saturated heterocycles. The zero-order chi connectivity index (χ0) is 20.3. The summed E-state index contributed by atoms with van der Waals surface area (Å²) >= 11 is 6.35. The van der Waals surface area contributed by atoms with E-state index in [2.05, 4.69) is 0 Å². The lowest BCUT2D eigenvalue weighted by atomic mass is 10.1. The van der Waals surface area contributed by atoms with Crippen molar-refractivity contribution in [2.75, 3.05) is 39.5 Å². The second-order valence-corrected chi connectivity index (χ2v) is 6.66. The van der Waals surface area contributed by atoms with Gasteiger partial charge in [0.15, 0.2) is 11.5 Å². The van der Waals surface area contributed by atoms with Gasteiger partial charge in [0, 0.05) is 25.2 Å². The van der Waals surface area contributed by atoms with Crippen molar-refractivity contribution in [3.05, 3.63) is 46.5 Å². The highest BCUT2D eigenvalue weighted by Crippen LogP contribution is 2.44. The van der Waals surface area contributed by atoms with Gasteiger partial charge in [-0.15, -0.1) is 0 Å². The third-order valence-electron chi connectivity index (χ3n) is 4.23. The quantitative estimate of drug-likeness (QED) is 0.506. The zero-order valence-corrected chi connectivity index (χ0v) is 17.0. The highest BCUT2D eigenvalue weighted by Gasteiger charge is 2.22. The van der Waals surface area contributed by atoms with Gasteiger partial charge >= 0.3 is 0 Å².